The highest BCUT2D eigenvalue weighted by atomic mass is 35.5. The second-order valence-corrected chi connectivity index (χ2v) is 5.48. The fourth-order valence-corrected chi connectivity index (χ4v) is 2.90. The van der Waals surface area contributed by atoms with Crippen molar-refractivity contribution in [3.8, 4) is 0 Å². The van der Waals surface area contributed by atoms with Gasteiger partial charge in [0.05, 0.1) is 10.2 Å². The number of fused-ring (bicyclic) bond motifs is 1. The Hall–Kier alpha value is -1.65. The molecule has 96 valence electrons. The largest absolute Gasteiger partial charge is 0.357 e. The van der Waals surface area contributed by atoms with Crippen molar-refractivity contribution in [2.75, 3.05) is 5.32 Å². The van der Waals surface area contributed by atoms with E-state index >= 15 is 0 Å². The zero-order valence-electron chi connectivity index (χ0n) is 9.86. The molecule has 2 aromatic carbocycles. The molecule has 0 saturated heterocycles. The molecule has 3 rings (SSSR count). The third-order valence-electron chi connectivity index (χ3n) is 2.77. The number of rotatable bonds is 3. The van der Waals surface area contributed by atoms with Gasteiger partial charge in [-0.15, -0.1) is 0 Å². The zero-order chi connectivity index (χ0) is 13.2. The van der Waals surface area contributed by atoms with E-state index in [1.54, 1.807) is 23.5 Å². The smallest absolute Gasteiger partial charge is 0.184 e. The van der Waals surface area contributed by atoms with E-state index in [4.69, 9.17) is 11.6 Å². The molecule has 0 amide bonds. The van der Waals surface area contributed by atoms with Crippen molar-refractivity contribution < 1.29 is 4.39 Å². The summed E-state index contributed by atoms with van der Waals surface area (Å²) >= 11 is 7.52. The fraction of sp³-hybridized carbons (Fsp3) is 0.0714. The average molecular weight is 293 g/mol. The number of hydrogen-bond donors (Lipinski definition) is 1. The molecule has 19 heavy (non-hydrogen) atoms. The van der Waals surface area contributed by atoms with Gasteiger partial charge in [-0.3, -0.25) is 0 Å². The lowest BCUT2D eigenvalue weighted by Crippen LogP contribution is -2.02. The first-order valence-electron chi connectivity index (χ1n) is 5.76. The maximum Gasteiger partial charge on any atom is 0.184 e. The van der Waals surface area contributed by atoms with Gasteiger partial charge in [0.25, 0.3) is 0 Å². The lowest BCUT2D eigenvalue weighted by atomic mass is 10.2. The number of hydrogen-bond acceptors (Lipinski definition) is 3. The van der Waals surface area contributed by atoms with Crippen molar-refractivity contribution in [2.24, 2.45) is 0 Å². The highest BCUT2D eigenvalue weighted by Crippen LogP contribution is 2.27. The predicted molar refractivity (Wildman–Crippen MR) is 78.4 cm³/mol. The molecule has 0 aliphatic heterocycles. The van der Waals surface area contributed by atoms with E-state index in [9.17, 15) is 4.39 Å². The molecule has 0 spiro atoms. The van der Waals surface area contributed by atoms with Gasteiger partial charge in [-0.2, -0.15) is 0 Å². The van der Waals surface area contributed by atoms with Crippen LogP contribution in [0.25, 0.3) is 10.2 Å². The van der Waals surface area contributed by atoms with Gasteiger partial charge >= 0.3 is 0 Å². The van der Waals surface area contributed by atoms with Crippen LogP contribution in [0.15, 0.2) is 42.5 Å². The molecule has 0 unspecified atom stereocenters. The standard InChI is InChI=1S/C14H10ClFN2S/c15-10-4-3-5-11(16)9(10)8-17-14-18-12-6-1-2-7-13(12)19-14/h1-7H,8H2,(H,17,18). The number of anilines is 1. The summed E-state index contributed by atoms with van der Waals surface area (Å²) in [5.41, 5.74) is 1.40. The SMILES string of the molecule is Fc1cccc(Cl)c1CNc1nc2ccccc2s1. The molecule has 0 saturated carbocycles. The van der Waals surface area contributed by atoms with Crippen LogP contribution in [0, 0.1) is 5.82 Å². The molecule has 1 N–H and O–H groups in total. The summed E-state index contributed by atoms with van der Waals surface area (Å²) in [4.78, 5) is 4.43. The number of para-hydroxylation sites is 1. The Morgan fingerprint density at radius 1 is 1.16 bits per heavy atom. The fourth-order valence-electron chi connectivity index (χ4n) is 1.81. The van der Waals surface area contributed by atoms with E-state index in [1.165, 1.54) is 6.07 Å². The first-order chi connectivity index (χ1) is 9.24. The quantitative estimate of drug-likeness (QED) is 0.757. The third-order valence-corrected chi connectivity index (χ3v) is 4.12. The second-order valence-electron chi connectivity index (χ2n) is 4.04. The Balaban J connectivity index is 1.82. The Morgan fingerprint density at radius 2 is 2.00 bits per heavy atom. The van der Waals surface area contributed by atoms with Crippen LogP contribution in [-0.4, -0.2) is 4.98 Å². The van der Waals surface area contributed by atoms with E-state index < -0.39 is 0 Å². The van der Waals surface area contributed by atoms with Gasteiger partial charge in [-0.1, -0.05) is 41.1 Å². The predicted octanol–water partition coefficient (Wildman–Crippen LogP) is 4.70. The molecule has 0 radical (unpaired) electrons. The van der Waals surface area contributed by atoms with Crippen molar-refractivity contribution in [3.05, 3.63) is 58.9 Å². The zero-order valence-corrected chi connectivity index (χ0v) is 11.4. The summed E-state index contributed by atoms with van der Waals surface area (Å²) in [5, 5.41) is 4.30. The lowest BCUT2D eigenvalue weighted by molar-refractivity contribution is 0.613. The second kappa shape index (κ2) is 5.15. The minimum Gasteiger partial charge on any atom is -0.357 e. The van der Waals surface area contributed by atoms with Crippen molar-refractivity contribution in [3.63, 3.8) is 0 Å². The Labute approximate surface area is 118 Å². The Morgan fingerprint density at radius 3 is 2.79 bits per heavy atom. The van der Waals surface area contributed by atoms with E-state index in [-0.39, 0.29) is 5.82 Å². The molecule has 0 aliphatic carbocycles. The highest BCUT2D eigenvalue weighted by Gasteiger charge is 2.08. The maximum absolute atomic E-state index is 13.6. The van der Waals surface area contributed by atoms with Crippen molar-refractivity contribution in [2.45, 2.75) is 6.54 Å². The normalized spacial score (nSPS) is 10.8. The Bertz CT molecular complexity index is 673. The maximum atomic E-state index is 13.6. The number of nitrogens with zero attached hydrogens (tertiary/aromatic N) is 1. The van der Waals surface area contributed by atoms with Crippen LogP contribution in [0.5, 0.6) is 0 Å². The number of aromatic nitrogens is 1. The monoisotopic (exact) mass is 292 g/mol. The molecule has 2 nitrogen and oxygen atoms in total. The summed E-state index contributed by atoms with van der Waals surface area (Å²) in [5.74, 6) is -0.305. The number of thiazole rings is 1. The van der Waals surface area contributed by atoms with Crippen LogP contribution < -0.4 is 5.32 Å². The van der Waals surface area contributed by atoms with Crippen molar-refractivity contribution in [1.29, 1.82) is 0 Å². The minimum atomic E-state index is -0.305. The van der Waals surface area contributed by atoms with Gasteiger partial charge in [0.2, 0.25) is 0 Å². The van der Waals surface area contributed by atoms with E-state index in [0.717, 1.165) is 15.3 Å². The third kappa shape index (κ3) is 2.55. The molecule has 0 aliphatic rings. The Kier molecular flexibility index (Phi) is 3.36. The molecule has 0 bridgehead atoms. The summed E-state index contributed by atoms with van der Waals surface area (Å²) in [6.07, 6.45) is 0. The van der Waals surface area contributed by atoms with Gasteiger partial charge in [-0.25, -0.2) is 9.37 Å². The van der Waals surface area contributed by atoms with Crippen molar-refractivity contribution in [1.82, 2.24) is 4.98 Å². The van der Waals surface area contributed by atoms with Crippen LogP contribution in [0.2, 0.25) is 5.02 Å². The van der Waals surface area contributed by atoms with E-state index in [1.807, 2.05) is 24.3 Å². The van der Waals surface area contributed by atoms with Crippen LogP contribution in [-0.2, 0) is 6.54 Å². The van der Waals surface area contributed by atoms with Gasteiger partial charge in [0.15, 0.2) is 5.13 Å². The first-order valence-corrected chi connectivity index (χ1v) is 6.96. The molecular weight excluding hydrogens is 283 g/mol. The summed E-state index contributed by atoms with van der Waals surface area (Å²) in [7, 11) is 0. The van der Waals surface area contributed by atoms with Crippen molar-refractivity contribution >= 4 is 38.3 Å². The number of benzene rings is 2. The van der Waals surface area contributed by atoms with Gasteiger partial charge in [-0.05, 0) is 24.3 Å². The van der Waals surface area contributed by atoms with Gasteiger partial charge < -0.3 is 5.32 Å². The topological polar surface area (TPSA) is 24.9 Å². The van der Waals surface area contributed by atoms with Crippen LogP contribution in [0.3, 0.4) is 0 Å². The average Bonchev–Trinajstić information content (AvgIpc) is 2.81. The molecule has 1 heterocycles. The summed E-state index contributed by atoms with van der Waals surface area (Å²) in [6, 6.07) is 12.6. The van der Waals surface area contributed by atoms with E-state index in [2.05, 4.69) is 10.3 Å². The number of nitrogens with one attached hydrogen (secondary N) is 1. The van der Waals surface area contributed by atoms with Gasteiger partial charge in [0, 0.05) is 17.1 Å². The molecule has 1 aromatic heterocycles. The molecule has 3 aromatic rings. The number of halogens is 2. The highest BCUT2D eigenvalue weighted by molar-refractivity contribution is 7.22. The molecular formula is C14H10ClFN2S. The lowest BCUT2D eigenvalue weighted by Gasteiger charge is -2.06. The van der Waals surface area contributed by atoms with Crippen LogP contribution >= 0.6 is 22.9 Å². The summed E-state index contributed by atoms with van der Waals surface area (Å²) < 4.78 is 14.7. The molecule has 5 heteroatoms. The van der Waals surface area contributed by atoms with Crippen LogP contribution in [0.1, 0.15) is 5.56 Å². The van der Waals surface area contributed by atoms with E-state index in [0.29, 0.717) is 17.1 Å². The molecule has 0 atom stereocenters. The van der Waals surface area contributed by atoms with Gasteiger partial charge in [0.1, 0.15) is 5.82 Å². The summed E-state index contributed by atoms with van der Waals surface area (Å²) in [6.45, 7) is 0.325. The molecule has 0 fully saturated rings. The minimum absolute atomic E-state index is 0.305. The first kappa shape index (κ1) is 12.4. The van der Waals surface area contributed by atoms with Crippen LogP contribution in [0.4, 0.5) is 9.52 Å².